The molecule has 84 valence electrons. The maximum atomic E-state index is 6.15. The molecule has 1 heterocycles. The average Bonchev–Trinajstić information content (AvgIpc) is 2.27. The van der Waals surface area contributed by atoms with Crippen molar-refractivity contribution in [1.82, 2.24) is 10.3 Å². The highest BCUT2D eigenvalue weighted by Crippen LogP contribution is 2.24. The first kappa shape index (κ1) is 11.4. The van der Waals surface area contributed by atoms with E-state index in [0.29, 0.717) is 0 Å². The molecule has 0 unspecified atom stereocenters. The first-order valence-corrected chi connectivity index (χ1v) is 5.85. The van der Waals surface area contributed by atoms with Crippen LogP contribution in [0.3, 0.4) is 0 Å². The largest absolute Gasteiger partial charge is 0.313 e. The number of benzene rings is 1. The Morgan fingerprint density at radius 2 is 2.19 bits per heavy atom. The van der Waals surface area contributed by atoms with Crippen molar-refractivity contribution >= 4 is 22.5 Å². The van der Waals surface area contributed by atoms with Crippen LogP contribution in [-0.4, -0.2) is 11.5 Å². The summed E-state index contributed by atoms with van der Waals surface area (Å²) in [7, 11) is 0. The van der Waals surface area contributed by atoms with Crippen LogP contribution in [-0.2, 0) is 6.54 Å². The van der Waals surface area contributed by atoms with Gasteiger partial charge in [-0.1, -0.05) is 30.7 Å². The summed E-state index contributed by atoms with van der Waals surface area (Å²) in [5.41, 5.74) is 3.16. The molecule has 0 aliphatic rings. The highest BCUT2D eigenvalue weighted by Gasteiger charge is 2.06. The first-order chi connectivity index (χ1) is 7.72. The Balaban J connectivity index is 2.59. The number of nitrogens with one attached hydrogen (secondary N) is 1. The Morgan fingerprint density at radius 1 is 1.38 bits per heavy atom. The number of aromatic nitrogens is 1. The molecule has 2 aromatic rings. The van der Waals surface area contributed by atoms with Gasteiger partial charge in [0.05, 0.1) is 10.5 Å². The lowest BCUT2D eigenvalue weighted by Gasteiger charge is -2.09. The van der Waals surface area contributed by atoms with Gasteiger partial charge in [0, 0.05) is 17.6 Å². The van der Waals surface area contributed by atoms with Crippen LogP contribution in [0.25, 0.3) is 10.9 Å². The van der Waals surface area contributed by atoms with Crippen molar-refractivity contribution in [2.45, 2.75) is 20.4 Å². The average molecular weight is 235 g/mol. The Labute approximate surface area is 101 Å². The van der Waals surface area contributed by atoms with Gasteiger partial charge >= 0.3 is 0 Å². The number of rotatable bonds is 3. The smallest absolute Gasteiger partial charge is 0.0894 e. The van der Waals surface area contributed by atoms with Gasteiger partial charge in [0.2, 0.25) is 0 Å². The summed E-state index contributed by atoms with van der Waals surface area (Å²) in [6.45, 7) is 5.92. The summed E-state index contributed by atoms with van der Waals surface area (Å²) in [6, 6.07) is 8.03. The fourth-order valence-electron chi connectivity index (χ4n) is 1.83. The molecule has 16 heavy (non-hydrogen) atoms. The highest BCUT2D eigenvalue weighted by atomic mass is 35.5. The van der Waals surface area contributed by atoms with E-state index in [1.807, 2.05) is 19.1 Å². The Morgan fingerprint density at radius 3 is 2.94 bits per heavy atom. The third-order valence-corrected chi connectivity index (χ3v) is 2.87. The van der Waals surface area contributed by atoms with Crippen molar-refractivity contribution in [3.63, 3.8) is 0 Å². The van der Waals surface area contributed by atoms with Gasteiger partial charge in [0.25, 0.3) is 0 Å². The molecule has 2 nitrogen and oxygen atoms in total. The van der Waals surface area contributed by atoms with Crippen LogP contribution in [0, 0.1) is 6.92 Å². The zero-order chi connectivity index (χ0) is 11.5. The maximum absolute atomic E-state index is 6.15. The van der Waals surface area contributed by atoms with Crippen molar-refractivity contribution in [2.24, 2.45) is 0 Å². The quantitative estimate of drug-likeness (QED) is 0.882. The van der Waals surface area contributed by atoms with Crippen LogP contribution in [0.1, 0.15) is 18.2 Å². The number of para-hydroxylation sites is 1. The summed E-state index contributed by atoms with van der Waals surface area (Å²) < 4.78 is 0. The SMILES string of the molecule is CCNCc1cc(C)nc2c(Cl)cccc12. The van der Waals surface area contributed by atoms with Gasteiger partial charge in [0.1, 0.15) is 0 Å². The number of aryl methyl sites for hydroxylation is 1. The number of halogens is 1. The molecule has 1 aromatic heterocycles. The summed E-state index contributed by atoms with van der Waals surface area (Å²) in [6.07, 6.45) is 0. The molecular formula is C13H15ClN2. The summed E-state index contributed by atoms with van der Waals surface area (Å²) in [5.74, 6) is 0. The summed E-state index contributed by atoms with van der Waals surface area (Å²) in [5, 5.41) is 5.19. The molecule has 0 aliphatic carbocycles. The molecule has 0 fully saturated rings. The van der Waals surface area contributed by atoms with Crippen LogP contribution < -0.4 is 5.32 Å². The zero-order valence-corrected chi connectivity index (χ0v) is 10.3. The van der Waals surface area contributed by atoms with Crippen LogP contribution in [0.5, 0.6) is 0 Å². The molecule has 0 saturated heterocycles. The van der Waals surface area contributed by atoms with Crippen molar-refractivity contribution < 1.29 is 0 Å². The molecule has 1 aromatic carbocycles. The molecule has 0 atom stereocenters. The second kappa shape index (κ2) is 4.81. The second-order valence-electron chi connectivity index (χ2n) is 3.84. The molecule has 0 saturated carbocycles. The number of nitrogens with zero attached hydrogens (tertiary/aromatic N) is 1. The molecule has 0 radical (unpaired) electrons. The van der Waals surface area contributed by atoms with E-state index in [0.717, 1.165) is 34.7 Å². The third kappa shape index (κ3) is 2.18. The lowest BCUT2D eigenvalue weighted by Crippen LogP contribution is -2.12. The predicted molar refractivity (Wildman–Crippen MR) is 68.9 cm³/mol. The first-order valence-electron chi connectivity index (χ1n) is 5.48. The van der Waals surface area contributed by atoms with E-state index in [1.54, 1.807) is 0 Å². The van der Waals surface area contributed by atoms with Crippen molar-refractivity contribution in [2.75, 3.05) is 6.54 Å². The topological polar surface area (TPSA) is 24.9 Å². The van der Waals surface area contributed by atoms with Gasteiger partial charge in [0.15, 0.2) is 0 Å². The van der Waals surface area contributed by atoms with Crippen molar-refractivity contribution in [3.05, 3.63) is 40.5 Å². The lowest BCUT2D eigenvalue weighted by atomic mass is 10.1. The normalized spacial score (nSPS) is 10.9. The number of fused-ring (bicyclic) bond motifs is 1. The van der Waals surface area contributed by atoms with E-state index < -0.39 is 0 Å². The Hall–Kier alpha value is -1.12. The number of hydrogen-bond donors (Lipinski definition) is 1. The van der Waals surface area contributed by atoms with Crippen molar-refractivity contribution in [1.29, 1.82) is 0 Å². The van der Waals surface area contributed by atoms with Crippen LogP contribution in [0.2, 0.25) is 5.02 Å². The number of hydrogen-bond acceptors (Lipinski definition) is 2. The summed E-state index contributed by atoms with van der Waals surface area (Å²) in [4.78, 5) is 4.48. The molecule has 2 rings (SSSR count). The van der Waals surface area contributed by atoms with Crippen molar-refractivity contribution in [3.8, 4) is 0 Å². The fraction of sp³-hybridized carbons (Fsp3) is 0.308. The van der Waals surface area contributed by atoms with Crippen LogP contribution in [0.15, 0.2) is 24.3 Å². The Kier molecular flexibility index (Phi) is 3.42. The van der Waals surface area contributed by atoms with E-state index in [9.17, 15) is 0 Å². The van der Waals surface area contributed by atoms with E-state index in [2.05, 4.69) is 29.4 Å². The monoisotopic (exact) mass is 234 g/mol. The molecule has 0 bridgehead atoms. The maximum Gasteiger partial charge on any atom is 0.0894 e. The molecule has 0 spiro atoms. The van der Waals surface area contributed by atoms with E-state index in [1.165, 1.54) is 5.56 Å². The van der Waals surface area contributed by atoms with E-state index in [-0.39, 0.29) is 0 Å². The van der Waals surface area contributed by atoms with Crippen LogP contribution >= 0.6 is 11.6 Å². The zero-order valence-electron chi connectivity index (χ0n) is 9.55. The highest BCUT2D eigenvalue weighted by molar-refractivity contribution is 6.35. The van der Waals surface area contributed by atoms with Gasteiger partial charge < -0.3 is 5.32 Å². The minimum absolute atomic E-state index is 0.721. The molecular weight excluding hydrogens is 220 g/mol. The van der Waals surface area contributed by atoms with Gasteiger partial charge in [-0.3, -0.25) is 4.98 Å². The summed E-state index contributed by atoms with van der Waals surface area (Å²) >= 11 is 6.15. The fourth-order valence-corrected chi connectivity index (χ4v) is 2.05. The van der Waals surface area contributed by atoms with E-state index in [4.69, 9.17) is 11.6 Å². The Bertz CT molecular complexity index is 509. The van der Waals surface area contributed by atoms with Gasteiger partial charge in [-0.15, -0.1) is 0 Å². The molecule has 0 aliphatic heterocycles. The van der Waals surface area contributed by atoms with Crippen LogP contribution in [0.4, 0.5) is 0 Å². The van der Waals surface area contributed by atoms with Gasteiger partial charge in [-0.05, 0) is 31.2 Å². The molecule has 0 amide bonds. The minimum atomic E-state index is 0.721. The predicted octanol–water partition coefficient (Wildman–Crippen LogP) is 3.31. The van der Waals surface area contributed by atoms with E-state index >= 15 is 0 Å². The lowest BCUT2D eigenvalue weighted by molar-refractivity contribution is 0.729. The minimum Gasteiger partial charge on any atom is -0.313 e. The van der Waals surface area contributed by atoms with Gasteiger partial charge in [-0.2, -0.15) is 0 Å². The molecule has 1 N–H and O–H groups in total. The third-order valence-electron chi connectivity index (χ3n) is 2.57. The van der Waals surface area contributed by atoms with Gasteiger partial charge in [-0.25, -0.2) is 0 Å². The molecule has 3 heteroatoms. The second-order valence-corrected chi connectivity index (χ2v) is 4.25. The standard InChI is InChI=1S/C13H15ClN2/c1-3-15-8-10-7-9(2)16-13-11(10)5-4-6-12(13)14/h4-7,15H,3,8H2,1-2H3. The number of pyridine rings is 1.